The molecule has 0 unspecified atom stereocenters. The molecule has 0 fully saturated rings. The van der Waals surface area contributed by atoms with Gasteiger partial charge in [0, 0.05) is 23.9 Å². The molecule has 1 heterocycles. The Morgan fingerprint density at radius 1 is 0.970 bits per heavy atom. The lowest BCUT2D eigenvalue weighted by Crippen LogP contribution is -2.17. The highest BCUT2D eigenvalue weighted by Gasteiger charge is 2.28. The van der Waals surface area contributed by atoms with Crippen LogP contribution in [0.1, 0.15) is 46.1 Å². The first kappa shape index (κ1) is 24.5. The number of carbonyl (C=O) groups is 2. The number of benzene rings is 2. The van der Waals surface area contributed by atoms with Gasteiger partial charge in [-0.15, -0.1) is 0 Å². The van der Waals surface area contributed by atoms with Gasteiger partial charge in [-0.3, -0.25) is 14.6 Å². The molecule has 0 aliphatic carbocycles. The fourth-order valence-electron chi connectivity index (χ4n) is 3.15. The minimum Gasteiger partial charge on any atom is -0.494 e. The summed E-state index contributed by atoms with van der Waals surface area (Å²) >= 11 is 1.37. The van der Waals surface area contributed by atoms with E-state index in [0.29, 0.717) is 18.0 Å². The number of nitrogens with one attached hydrogen (secondary N) is 2. The molecule has 2 N–H and O–H groups in total. The summed E-state index contributed by atoms with van der Waals surface area (Å²) in [6.45, 7) is 8.18. The number of amides is 2. The molecule has 1 aliphatic heterocycles. The predicted molar refractivity (Wildman–Crippen MR) is 137 cm³/mol. The second-order valence-corrected chi connectivity index (χ2v) is 9.16. The number of carbonyl (C=O) groups excluding carboxylic acids is 2. The van der Waals surface area contributed by atoms with Crippen LogP contribution in [0.3, 0.4) is 0 Å². The van der Waals surface area contributed by atoms with Gasteiger partial charge in [0.1, 0.15) is 16.5 Å². The average Bonchev–Trinajstić information content (AvgIpc) is 3.08. The van der Waals surface area contributed by atoms with Gasteiger partial charge in [-0.1, -0.05) is 25.1 Å². The Morgan fingerprint density at radius 3 is 2.21 bits per heavy atom. The molecule has 174 valence electrons. The molecule has 33 heavy (non-hydrogen) atoms. The average molecular weight is 467 g/mol. The zero-order chi connectivity index (χ0) is 23.8. The molecule has 0 radical (unpaired) electrons. The predicted octanol–water partition coefficient (Wildman–Crippen LogP) is 5.13. The number of ether oxygens (including phenoxy) is 1. The van der Waals surface area contributed by atoms with E-state index >= 15 is 0 Å². The fourth-order valence-corrected chi connectivity index (χ4v) is 4.08. The largest absolute Gasteiger partial charge is 0.494 e. The lowest BCUT2D eigenvalue weighted by molar-refractivity contribution is -0.114. The highest BCUT2D eigenvalue weighted by atomic mass is 32.2. The number of hydrogen-bond acceptors (Lipinski definition) is 6. The second kappa shape index (κ2) is 11.1. The van der Waals surface area contributed by atoms with E-state index in [0.717, 1.165) is 34.9 Å². The van der Waals surface area contributed by atoms with Gasteiger partial charge < -0.3 is 15.4 Å². The molecule has 0 saturated carbocycles. The molecule has 0 atom stereocenters. The number of hydrogen-bond donors (Lipinski definition) is 2. The monoisotopic (exact) mass is 466 g/mol. The number of unbranched alkanes of at least 4 members (excludes halogenated alkanes) is 1. The molecule has 8 heteroatoms. The van der Waals surface area contributed by atoms with Gasteiger partial charge in [0.25, 0.3) is 0 Å². The quantitative estimate of drug-likeness (QED) is 0.501. The normalized spacial score (nSPS) is 14.3. The van der Waals surface area contributed by atoms with Gasteiger partial charge in [0.15, 0.2) is 0 Å². The van der Waals surface area contributed by atoms with Crippen molar-refractivity contribution in [3.05, 3.63) is 54.1 Å². The molecule has 2 amide bonds. The summed E-state index contributed by atoms with van der Waals surface area (Å²) in [5, 5.41) is 6.31. The number of aliphatic imine (C=N–C) groups is 2. The van der Waals surface area contributed by atoms with Gasteiger partial charge >= 0.3 is 0 Å². The van der Waals surface area contributed by atoms with E-state index in [1.807, 2.05) is 38.1 Å². The third-order valence-corrected chi connectivity index (χ3v) is 5.65. The van der Waals surface area contributed by atoms with Crippen molar-refractivity contribution in [2.75, 3.05) is 23.0 Å². The third-order valence-electron chi connectivity index (χ3n) is 4.69. The minimum absolute atomic E-state index is 0.139. The van der Waals surface area contributed by atoms with E-state index in [1.54, 1.807) is 24.3 Å². The maximum absolute atomic E-state index is 12.5. The van der Waals surface area contributed by atoms with Crippen LogP contribution in [0.5, 0.6) is 5.75 Å². The number of thioether (sulfide) groups is 1. The molecule has 0 saturated heterocycles. The number of nitrogens with zero attached hydrogens (tertiary/aromatic N) is 2. The van der Waals surface area contributed by atoms with Gasteiger partial charge in [0.2, 0.25) is 11.8 Å². The maximum Gasteiger partial charge on any atom is 0.234 e. The van der Waals surface area contributed by atoms with Crippen LogP contribution >= 0.6 is 11.8 Å². The first-order chi connectivity index (χ1) is 15.8. The van der Waals surface area contributed by atoms with Crippen LogP contribution in [0.15, 0.2) is 58.5 Å². The van der Waals surface area contributed by atoms with Gasteiger partial charge in [-0.25, -0.2) is 4.99 Å². The molecule has 3 rings (SSSR count). The molecular weight excluding hydrogens is 436 g/mol. The number of anilines is 2. The van der Waals surface area contributed by atoms with E-state index in [4.69, 9.17) is 14.7 Å². The van der Waals surface area contributed by atoms with Crippen molar-refractivity contribution in [1.82, 2.24) is 0 Å². The SMILES string of the molecule is CCCCOc1ccc(C2=NC(C)(C)N=C2SCC(=O)Nc2ccc(NC(C)=O)cc2)cc1. The lowest BCUT2D eigenvalue weighted by atomic mass is 10.1. The molecule has 2 aromatic rings. The summed E-state index contributed by atoms with van der Waals surface area (Å²) in [6, 6.07) is 14.8. The molecule has 2 aromatic carbocycles. The van der Waals surface area contributed by atoms with Crippen molar-refractivity contribution in [2.45, 2.75) is 46.2 Å². The highest BCUT2D eigenvalue weighted by molar-refractivity contribution is 8.16. The van der Waals surface area contributed by atoms with Crippen LogP contribution in [0, 0.1) is 0 Å². The summed E-state index contributed by atoms with van der Waals surface area (Å²) < 4.78 is 5.74. The molecule has 7 nitrogen and oxygen atoms in total. The van der Waals surface area contributed by atoms with Crippen LogP contribution in [0.4, 0.5) is 11.4 Å². The van der Waals surface area contributed by atoms with E-state index in [2.05, 4.69) is 17.6 Å². The Hall–Kier alpha value is -3.13. The van der Waals surface area contributed by atoms with Crippen LogP contribution in [-0.2, 0) is 9.59 Å². The maximum atomic E-state index is 12.5. The summed E-state index contributed by atoms with van der Waals surface area (Å²) in [7, 11) is 0. The van der Waals surface area contributed by atoms with E-state index in [9.17, 15) is 9.59 Å². The molecule has 0 bridgehead atoms. The van der Waals surface area contributed by atoms with Crippen LogP contribution in [0.2, 0.25) is 0 Å². The van der Waals surface area contributed by atoms with Crippen molar-refractivity contribution in [2.24, 2.45) is 9.98 Å². The Morgan fingerprint density at radius 2 is 1.61 bits per heavy atom. The Balaban J connectivity index is 1.59. The van der Waals surface area contributed by atoms with Gasteiger partial charge in [-0.2, -0.15) is 0 Å². The summed E-state index contributed by atoms with van der Waals surface area (Å²) in [5.74, 6) is 0.762. The molecular formula is C25H30N4O3S. The smallest absolute Gasteiger partial charge is 0.234 e. The van der Waals surface area contributed by atoms with Gasteiger partial charge in [-0.05, 0) is 68.8 Å². The topological polar surface area (TPSA) is 92.2 Å². The Bertz CT molecular complexity index is 1040. The minimum atomic E-state index is -0.565. The second-order valence-electron chi connectivity index (χ2n) is 8.19. The highest BCUT2D eigenvalue weighted by Crippen LogP contribution is 2.27. The standard InChI is InChI=1S/C25H30N4O3S/c1-5-6-15-32-21-13-7-18(8-14-21)23-24(29-25(3,4)28-23)33-16-22(31)27-20-11-9-19(10-12-20)26-17(2)30/h7-14H,5-6,15-16H2,1-4H3,(H,26,30)(H,27,31). The zero-order valence-electron chi connectivity index (χ0n) is 19.5. The van der Waals surface area contributed by atoms with Crippen molar-refractivity contribution in [3.8, 4) is 5.75 Å². The van der Waals surface area contributed by atoms with Crippen LogP contribution < -0.4 is 15.4 Å². The van der Waals surface area contributed by atoms with E-state index in [1.165, 1.54) is 18.7 Å². The van der Waals surface area contributed by atoms with Crippen molar-refractivity contribution < 1.29 is 14.3 Å². The van der Waals surface area contributed by atoms with Crippen LogP contribution in [-0.4, -0.2) is 40.6 Å². The van der Waals surface area contributed by atoms with Crippen molar-refractivity contribution >= 4 is 45.7 Å². The van der Waals surface area contributed by atoms with E-state index in [-0.39, 0.29) is 17.6 Å². The zero-order valence-corrected chi connectivity index (χ0v) is 20.3. The van der Waals surface area contributed by atoms with Crippen molar-refractivity contribution in [1.29, 1.82) is 0 Å². The first-order valence-electron chi connectivity index (χ1n) is 11.0. The molecule has 1 aliphatic rings. The van der Waals surface area contributed by atoms with Crippen molar-refractivity contribution in [3.63, 3.8) is 0 Å². The lowest BCUT2D eigenvalue weighted by Gasteiger charge is -2.09. The Labute approximate surface area is 199 Å². The first-order valence-corrected chi connectivity index (χ1v) is 12.0. The van der Waals surface area contributed by atoms with Crippen LogP contribution in [0.25, 0.3) is 0 Å². The fraction of sp³-hybridized carbons (Fsp3) is 0.360. The third kappa shape index (κ3) is 7.46. The summed E-state index contributed by atoms with van der Waals surface area (Å²) in [5.41, 5.74) is 2.52. The molecule has 0 aromatic heterocycles. The van der Waals surface area contributed by atoms with E-state index < -0.39 is 5.66 Å². The van der Waals surface area contributed by atoms with Gasteiger partial charge in [0.05, 0.1) is 18.1 Å². The summed E-state index contributed by atoms with van der Waals surface area (Å²) in [6.07, 6.45) is 2.12. The Kier molecular flexibility index (Phi) is 8.27. The molecule has 0 spiro atoms. The number of rotatable bonds is 9. The summed E-state index contributed by atoms with van der Waals surface area (Å²) in [4.78, 5) is 33.1.